The molecule has 0 aromatic heterocycles. The summed E-state index contributed by atoms with van der Waals surface area (Å²) in [5.74, 6) is 2.14. The lowest BCUT2D eigenvalue weighted by atomic mass is 10.1. The lowest BCUT2D eigenvalue weighted by Crippen LogP contribution is -2.47. The molecule has 0 N–H and O–H groups in total. The molecule has 1 aliphatic heterocycles. The number of benzene rings is 3. The number of halogens is 3. The third-order valence-electron chi connectivity index (χ3n) is 6.11. The van der Waals surface area contributed by atoms with Gasteiger partial charge in [-0.3, -0.25) is 4.90 Å². The van der Waals surface area contributed by atoms with Crippen molar-refractivity contribution < 1.29 is 14.2 Å². The Balaban J connectivity index is 0.00000342. The molecule has 1 heterocycles. The van der Waals surface area contributed by atoms with Crippen LogP contribution in [0, 0.1) is 0 Å². The van der Waals surface area contributed by atoms with Crippen LogP contribution in [-0.2, 0) is 13.0 Å². The van der Waals surface area contributed by atoms with E-state index in [2.05, 4.69) is 34.1 Å². The Morgan fingerprint density at radius 1 is 0.771 bits per heavy atom. The predicted octanol–water partition coefficient (Wildman–Crippen LogP) is 6.38. The van der Waals surface area contributed by atoms with Crippen LogP contribution in [0.4, 0.5) is 5.69 Å². The van der Waals surface area contributed by atoms with Gasteiger partial charge in [0.15, 0.2) is 0 Å². The number of piperazine rings is 1. The Bertz CT molecular complexity index is 1070. The van der Waals surface area contributed by atoms with Gasteiger partial charge in [0.1, 0.15) is 23.9 Å². The molecule has 0 aliphatic carbocycles. The molecular weight excluding hydrogens is 507 g/mol. The van der Waals surface area contributed by atoms with E-state index in [1.807, 2.05) is 36.4 Å². The zero-order valence-electron chi connectivity index (χ0n) is 20.0. The average Bonchev–Trinajstić information content (AvgIpc) is 2.88. The zero-order valence-corrected chi connectivity index (χ0v) is 22.3. The molecular formula is C27H31Cl3N2O3. The second-order valence-electron chi connectivity index (χ2n) is 8.31. The van der Waals surface area contributed by atoms with E-state index in [1.54, 1.807) is 14.2 Å². The maximum Gasteiger partial charge on any atom is 0.127 e. The van der Waals surface area contributed by atoms with Gasteiger partial charge in [-0.25, -0.2) is 0 Å². The minimum absolute atomic E-state index is 0. The van der Waals surface area contributed by atoms with Crippen LogP contribution in [0.5, 0.6) is 17.2 Å². The summed E-state index contributed by atoms with van der Waals surface area (Å²) in [5, 5.41) is 1.26. The first-order valence-electron chi connectivity index (χ1n) is 11.4. The van der Waals surface area contributed by atoms with Gasteiger partial charge in [0, 0.05) is 50.9 Å². The van der Waals surface area contributed by atoms with Crippen molar-refractivity contribution in [1.82, 2.24) is 4.90 Å². The summed E-state index contributed by atoms with van der Waals surface area (Å²) in [6.07, 6.45) is 1.02. The van der Waals surface area contributed by atoms with Crippen molar-refractivity contribution >= 4 is 41.3 Å². The highest BCUT2D eigenvalue weighted by Crippen LogP contribution is 2.33. The van der Waals surface area contributed by atoms with E-state index in [4.69, 9.17) is 37.4 Å². The van der Waals surface area contributed by atoms with Gasteiger partial charge in [-0.15, -0.1) is 12.4 Å². The maximum atomic E-state index is 6.39. The minimum Gasteiger partial charge on any atom is -0.496 e. The first-order valence-corrected chi connectivity index (χ1v) is 12.2. The fourth-order valence-electron chi connectivity index (χ4n) is 4.07. The molecule has 1 aliphatic rings. The number of ether oxygens (including phenoxy) is 3. The maximum absolute atomic E-state index is 6.39. The lowest BCUT2D eigenvalue weighted by molar-refractivity contribution is 0.261. The van der Waals surface area contributed by atoms with E-state index in [1.165, 1.54) is 5.56 Å². The van der Waals surface area contributed by atoms with E-state index in [-0.39, 0.29) is 12.4 Å². The normalized spacial score (nSPS) is 13.8. The second-order valence-corrected chi connectivity index (χ2v) is 9.09. The Labute approximate surface area is 223 Å². The van der Waals surface area contributed by atoms with E-state index < -0.39 is 0 Å². The van der Waals surface area contributed by atoms with Gasteiger partial charge < -0.3 is 19.1 Å². The van der Waals surface area contributed by atoms with Crippen LogP contribution in [0.2, 0.25) is 10.0 Å². The van der Waals surface area contributed by atoms with Gasteiger partial charge in [-0.2, -0.15) is 0 Å². The van der Waals surface area contributed by atoms with Gasteiger partial charge in [-0.05, 0) is 29.7 Å². The topological polar surface area (TPSA) is 34.2 Å². The summed E-state index contributed by atoms with van der Waals surface area (Å²) in [6, 6.07) is 20.0. The van der Waals surface area contributed by atoms with Crippen molar-refractivity contribution in [1.29, 1.82) is 0 Å². The molecule has 0 bridgehead atoms. The summed E-state index contributed by atoms with van der Waals surface area (Å²) >= 11 is 12.6. The van der Waals surface area contributed by atoms with Gasteiger partial charge in [0.25, 0.3) is 0 Å². The number of rotatable bonds is 9. The first kappa shape index (κ1) is 27.3. The Morgan fingerprint density at radius 2 is 1.37 bits per heavy atom. The third kappa shape index (κ3) is 7.34. The van der Waals surface area contributed by atoms with Crippen molar-refractivity contribution in [3.05, 3.63) is 81.8 Å². The van der Waals surface area contributed by atoms with Crippen LogP contribution in [0.1, 0.15) is 11.1 Å². The van der Waals surface area contributed by atoms with Gasteiger partial charge in [-0.1, -0.05) is 53.5 Å². The van der Waals surface area contributed by atoms with Crippen LogP contribution in [0.3, 0.4) is 0 Å². The molecule has 0 atom stereocenters. The molecule has 1 fully saturated rings. The number of methoxy groups -OCH3 is 2. The summed E-state index contributed by atoms with van der Waals surface area (Å²) in [5.41, 5.74) is 3.48. The fraction of sp³-hybridized carbons (Fsp3) is 0.333. The van der Waals surface area contributed by atoms with Crippen molar-refractivity contribution in [2.45, 2.75) is 13.0 Å². The largest absolute Gasteiger partial charge is 0.496 e. The van der Waals surface area contributed by atoms with Crippen molar-refractivity contribution in [3.63, 3.8) is 0 Å². The standard InChI is InChI=1S/C27H30Cl2N2O3.ClH/c1-32-22-16-23(33-2)18-24(17-22)34-19-21-8-6-20(7-9-21)10-11-30-12-14-31(15-13-30)26-5-3-4-25(28)27(26)29;/h3-9,16-18H,10-15,19H2,1-2H3;1H. The quantitative estimate of drug-likeness (QED) is 0.317. The Kier molecular flexibility index (Phi) is 10.2. The SMILES string of the molecule is COc1cc(OC)cc(OCc2ccc(CCN3CCN(c4cccc(Cl)c4Cl)CC3)cc2)c1.Cl. The van der Waals surface area contributed by atoms with Gasteiger partial charge in [0.2, 0.25) is 0 Å². The summed E-state index contributed by atoms with van der Waals surface area (Å²) in [4.78, 5) is 4.82. The molecule has 3 aromatic carbocycles. The van der Waals surface area contributed by atoms with E-state index in [0.717, 1.165) is 56.1 Å². The molecule has 35 heavy (non-hydrogen) atoms. The molecule has 0 unspecified atom stereocenters. The third-order valence-corrected chi connectivity index (χ3v) is 6.92. The van der Waals surface area contributed by atoms with Crippen LogP contribution in [0.25, 0.3) is 0 Å². The first-order chi connectivity index (χ1) is 16.6. The second kappa shape index (κ2) is 13.1. The van der Waals surface area contributed by atoms with Crippen LogP contribution < -0.4 is 19.1 Å². The predicted molar refractivity (Wildman–Crippen MR) is 146 cm³/mol. The minimum atomic E-state index is 0. The highest BCUT2D eigenvalue weighted by Gasteiger charge is 2.19. The van der Waals surface area contributed by atoms with E-state index in [0.29, 0.717) is 28.2 Å². The molecule has 0 radical (unpaired) electrons. The number of hydrogen-bond donors (Lipinski definition) is 0. The highest BCUT2D eigenvalue weighted by atomic mass is 35.5. The Hall–Kier alpha value is -2.31. The zero-order chi connectivity index (χ0) is 23.9. The number of nitrogens with zero attached hydrogens (tertiary/aromatic N) is 2. The fourth-order valence-corrected chi connectivity index (χ4v) is 4.48. The van der Waals surface area contributed by atoms with Crippen molar-refractivity contribution in [2.75, 3.05) is 51.8 Å². The van der Waals surface area contributed by atoms with E-state index >= 15 is 0 Å². The number of hydrogen-bond acceptors (Lipinski definition) is 5. The average molecular weight is 538 g/mol. The molecule has 1 saturated heterocycles. The van der Waals surface area contributed by atoms with Gasteiger partial charge in [0.05, 0.1) is 30.0 Å². The van der Waals surface area contributed by atoms with Gasteiger partial charge >= 0.3 is 0 Å². The summed E-state index contributed by atoms with van der Waals surface area (Å²) in [6.45, 7) is 5.45. The molecule has 0 spiro atoms. The van der Waals surface area contributed by atoms with Crippen LogP contribution in [0.15, 0.2) is 60.7 Å². The van der Waals surface area contributed by atoms with Crippen LogP contribution >= 0.6 is 35.6 Å². The molecule has 3 aromatic rings. The van der Waals surface area contributed by atoms with E-state index in [9.17, 15) is 0 Å². The van der Waals surface area contributed by atoms with Crippen LogP contribution in [-0.4, -0.2) is 51.8 Å². The molecule has 0 saturated carbocycles. The summed E-state index contributed by atoms with van der Waals surface area (Å²) < 4.78 is 16.5. The number of anilines is 1. The van der Waals surface area contributed by atoms with Crippen molar-refractivity contribution in [3.8, 4) is 17.2 Å². The smallest absolute Gasteiger partial charge is 0.127 e. The van der Waals surface area contributed by atoms with Crippen molar-refractivity contribution in [2.24, 2.45) is 0 Å². The molecule has 8 heteroatoms. The summed E-state index contributed by atoms with van der Waals surface area (Å²) in [7, 11) is 3.26. The molecule has 5 nitrogen and oxygen atoms in total. The Morgan fingerprint density at radius 3 is 2.00 bits per heavy atom. The highest BCUT2D eigenvalue weighted by molar-refractivity contribution is 6.43. The molecule has 0 amide bonds. The molecule has 188 valence electrons. The molecule has 4 rings (SSSR count). The lowest BCUT2D eigenvalue weighted by Gasteiger charge is -2.36. The monoisotopic (exact) mass is 536 g/mol.